The number of aliphatic hydroxyl groups excluding tert-OH is 1. The predicted octanol–water partition coefficient (Wildman–Crippen LogP) is 0.514. The van der Waals surface area contributed by atoms with Gasteiger partial charge in [-0.1, -0.05) is 30.3 Å². The number of benzene rings is 1. The van der Waals surface area contributed by atoms with Crippen molar-refractivity contribution in [3.05, 3.63) is 35.9 Å². The average molecular weight is 290 g/mol. The van der Waals surface area contributed by atoms with E-state index in [9.17, 15) is 9.90 Å². The summed E-state index contributed by atoms with van der Waals surface area (Å²) < 4.78 is 5.72. The summed E-state index contributed by atoms with van der Waals surface area (Å²) in [7, 11) is 2.25. The molecule has 0 spiro atoms. The maximum absolute atomic E-state index is 12.4. The lowest BCUT2D eigenvalue weighted by atomic mass is 9.98. The van der Waals surface area contributed by atoms with Crippen LogP contribution in [0.5, 0.6) is 0 Å². The van der Waals surface area contributed by atoms with Crippen molar-refractivity contribution in [3.63, 3.8) is 0 Å². The van der Waals surface area contributed by atoms with Crippen LogP contribution in [-0.2, 0) is 9.53 Å². The molecule has 2 saturated heterocycles. The Morgan fingerprint density at radius 1 is 1.29 bits per heavy atom. The highest BCUT2D eigenvalue weighted by Crippen LogP contribution is 2.26. The lowest BCUT2D eigenvalue weighted by Gasteiger charge is -2.33. The van der Waals surface area contributed by atoms with Gasteiger partial charge in [0.2, 0.25) is 0 Å². The number of quaternary nitrogens is 1. The van der Waals surface area contributed by atoms with Gasteiger partial charge >= 0.3 is 5.97 Å². The molecule has 21 heavy (non-hydrogen) atoms. The molecule has 1 aromatic carbocycles. The van der Waals surface area contributed by atoms with E-state index in [-0.39, 0.29) is 18.7 Å². The Morgan fingerprint density at radius 2 is 1.90 bits per heavy atom. The molecule has 2 fully saturated rings. The van der Waals surface area contributed by atoms with E-state index >= 15 is 0 Å². The molecule has 5 atom stereocenters. The molecular formula is C17H24NO3+. The molecule has 0 aliphatic carbocycles. The Balaban J connectivity index is 1.63. The van der Waals surface area contributed by atoms with E-state index in [0.29, 0.717) is 12.1 Å². The number of ether oxygens (including phenoxy) is 1. The second-order valence-electron chi connectivity index (χ2n) is 6.39. The zero-order chi connectivity index (χ0) is 14.8. The third-order valence-corrected chi connectivity index (χ3v) is 5.20. The van der Waals surface area contributed by atoms with Gasteiger partial charge in [0.05, 0.1) is 25.7 Å². The fraction of sp³-hybridized carbons (Fsp3) is 0.588. The number of piperidine rings is 1. The molecule has 2 aliphatic rings. The van der Waals surface area contributed by atoms with Crippen molar-refractivity contribution < 1.29 is 19.5 Å². The van der Waals surface area contributed by atoms with Crippen LogP contribution in [0.2, 0.25) is 0 Å². The Bertz CT molecular complexity index is 476. The van der Waals surface area contributed by atoms with E-state index in [0.717, 1.165) is 18.4 Å². The monoisotopic (exact) mass is 290 g/mol. The largest absolute Gasteiger partial charge is 0.461 e. The Kier molecular flexibility index (Phi) is 4.27. The van der Waals surface area contributed by atoms with Gasteiger partial charge < -0.3 is 14.7 Å². The zero-order valence-electron chi connectivity index (χ0n) is 12.5. The van der Waals surface area contributed by atoms with Crippen LogP contribution < -0.4 is 4.90 Å². The molecule has 4 nitrogen and oxygen atoms in total. The Hall–Kier alpha value is -1.39. The molecule has 1 aromatic rings. The smallest absolute Gasteiger partial charge is 0.316 e. The SMILES string of the molecule is C[NH+]1[C@@H]2CC[C@H]1CC(OC(=O)[C@H](CO)c1ccccc1)C2. The van der Waals surface area contributed by atoms with Crippen molar-refractivity contribution in [2.24, 2.45) is 0 Å². The second-order valence-corrected chi connectivity index (χ2v) is 6.39. The minimum Gasteiger partial charge on any atom is -0.461 e. The molecule has 2 unspecified atom stereocenters. The van der Waals surface area contributed by atoms with Gasteiger partial charge in [0, 0.05) is 25.7 Å². The van der Waals surface area contributed by atoms with Gasteiger partial charge in [-0.15, -0.1) is 0 Å². The van der Waals surface area contributed by atoms with Crippen molar-refractivity contribution >= 4 is 5.97 Å². The molecule has 3 rings (SSSR count). The summed E-state index contributed by atoms with van der Waals surface area (Å²) in [4.78, 5) is 14.0. The van der Waals surface area contributed by atoms with Gasteiger partial charge in [0.15, 0.2) is 0 Å². The number of fused-ring (bicyclic) bond motifs is 2. The molecular weight excluding hydrogens is 266 g/mol. The lowest BCUT2D eigenvalue weighted by molar-refractivity contribution is -0.923. The maximum atomic E-state index is 12.4. The molecule has 0 amide bonds. The number of carbonyl (C=O) groups excluding carboxylic acids is 1. The third-order valence-electron chi connectivity index (χ3n) is 5.20. The molecule has 0 radical (unpaired) electrons. The Labute approximate surface area is 125 Å². The topological polar surface area (TPSA) is 51.0 Å². The first-order chi connectivity index (χ1) is 10.2. The highest BCUT2D eigenvalue weighted by molar-refractivity contribution is 5.78. The molecule has 2 bridgehead atoms. The van der Waals surface area contributed by atoms with Crippen LogP contribution in [0.15, 0.2) is 30.3 Å². The predicted molar refractivity (Wildman–Crippen MR) is 79.1 cm³/mol. The quantitative estimate of drug-likeness (QED) is 0.795. The first-order valence-electron chi connectivity index (χ1n) is 7.88. The Morgan fingerprint density at radius 3 is 2.48 bits per heavy atom. The summed E-state index contributed by atoms with van der Waals surface area (Å²) in [6.45, 7) is -0.201. The summed E-state index contributed by atoms with van der Waals surface area (Å²) in [5.41, 5.74) is 0.825. The average Bonchev–Trinajstić information content (AvgIpc) is 2.72. The van der Waals surface area contributed by atoms with E-state index in [4.69, 9.17) is 4.74 Å². The van der Waals surface area contributed by atoms with Gasteiger partial charge in [-0.05, 0) is 5.56 Å². The number of carbonyl (C=O) groups is 1. The van der Waals surface area contributed by atoms with E-state index < -0.39 is 5.92 Å². The van der Waals surface area contributed by atoms with Gasteiger partial charge in [-0.25, -0.2) is 0 Å². The van der Waals surface area contributed by atoms with E-state index in [2.05, 4.69) is 7.05 Å². The van der Waals surface area contributed by atoms with Crippen LogP contribution in [-0.4, -0.2) is 42.9 Å². The molecule has 4 heteroatoms. The standard InChI is InChI=1S/C17H23NO3/c1-18-13-7-8-14(18)10-15(9-13)21-17(20)16(11-19)12-5-3-2-4-6-12/h2-6,13-16,19H,7-11H2,1H3/p+1/t13-,14+,15?,16-/m1/s1. The highest BCUT2D eigenvalue weighted by Gasteiger charge is 2.44. The zero-order valence-corrected chi connectivity index (χ0v) is 12.5. The molecule has 0 saturated carbocycles. The van der Waals surface area contributed by atoms with Gasteiger partial charge in [-0.3, -0.25) is 4.79 Å². The minimum absolute atomic E-state index is 0.0245. The van der Waals surface area contributed by atoms with Crippen LogP contribution in [0, 0.1) is 0 Å². The van der Waals surface area contributed by atoms with Gasteiger partial charge in [0.25, 0.3) is 0 Å². The molecule has 114 valence electrons. The molecule has 2 heterocycles. The van der Waals surface area contributed by atoms with Crippen LogP contribution >= 0.6 is 0 Å². The first-order valence-corrected chi connectivity index (χ1v) is 7.88. The van der Waals surface area contributed by atoms with Crippen molar-refractivity contribution in [1.29, 1.82) is 0 Å². The van der Waals surface area contributed by atoms with E-state index in [1.807, 2.05) is 30.3 Å². The number of hydrogen-bond acceptors (Lipinski definition) is 3. The third kappa shape index (κ3) is 2.97. The first kappa shape index (κ1) is 14.5. The van der Waals surface area contributed by atoms with Crippen LogP contribution in [0.4, 0.5) is 0 Å². The summed E-state index contributed by atoms with van der Waals surface area (Å²) in [6, 6.07) is 10.7. The van der Waals surface area contributed by atoms with Crippen molar-refractivity contribution in [2.45, 2.75) is 49.8 Å². The fourth-order valence-corrected chi connectivity index (χ4v) is 3.87. The lowest BCUT2D eigenvalue weighted by Crippen LogP contribution is -3.15. The minimum atomic E-state index is -0.559. The van der Waals surface area contributed by atoms with Crippen LogP contribution in [0.3, 0.4) is 0 Å². The number of nitrogens with one attached hydrogen (secondary N) is 1. The summed E-state index contributed by atoms with van der Waals surface area (Å²) in [5, 5.41) is 9.53. The molecule has 2 N–H and O–H groups in total. The van der Waals surface area contributed by atoms with Gasteiger partial charge in [0.1, 0.15) is 12.0 Å². The van der Waals surface area contributed by atoms with E-state index in [1.165, 1.54) is 12.8 Å². The van der Waals surface area contributed by atoms with Crippen molar-refractivity contribution in [1.82, 2.24) is 0 Å². The van der Waals surface area contributed by atoms with E-state index in [1.54, 1.807) is 4.90 Å². The maximum Gasteiger partial charge on any atom is 0.316 e. The van der Waals surface area contributed by atoms with Gasteiger partial charge in [-0.2, -0.15) is 0 Å². The number of rotatable bonds is 4. The molecule has 0 aromatic heterocycles. The second kappa shape index (κ2) is 6.16. The number of aliphatic hydroxyl groups is 1. The van der Waals surface area contributed by atoms with Crippen molar-refractivity contribution in [2.75, 3.05) is 13.7 Å². The summed E-state index contributed by atoms with van der Waals surface area (Å²) >= 11 is 0. The van der Waals surface area contributed by atoms with Crippen LogP contribution in [0.1, 0.15) is 37.2 Å². The summed E-state index contributed by atoms with van der Waals surface area (Å²) in [6.07, 6.45) is 4.43. The normalized spacial score (nSPS) is 32.7. The number of esters is 1. The fourth-order valence-electron chi connectivity index (χ4n) is 3.87. The molecule has 2 aliphatic heterocycles. The summed E-state index contributed by atoms with van der Waals surface area (Å²) in [5.74, 6) is -0.844. The van der Waals surface area contributed by atoms with Crippen molar-refractivity contribution in [3.8, 4) is 0 Å². The highest BCUT2D eigenvalue weighted by atomic mass is 16.5. The van der Waals surface area contributed by atoms with Crippen LogP contribution in [0.25, 0.3) is 0 Å². The number of hydrogen-bond donors (Lipinski definition) is 2.